The van der Waals surface area contributed by atoms with Crippen LogP contribution in [0.25, 0.3) is 0 Å². The Morgan fingerprint density at radius 2 is 1.96 bits per heavy atom. The molecule has 1 atom stereocenters. The Labute approximate surface area is 135 Å². The third-order valence-corrected chi connectivity index (χ3v) is 3.48. The zero-order chi connectivity index (χ0) is 17.7. The second-order valence-electron chi connectivity index (χ2n) is 5.23. The molecule has 0 saturated carbocycles. The normalized spacial score (nSPS) is 18.3. The van der Waals surface area contributed by atoms with E-state index in [0.717, 1.165) is 0 Å². The number of carbonyl (C=O) groups excluding carboxylic acids is 1. The maximum Gasteiger partial charge on any atom is 0.573 e. The number of aryl methyl sites for hydroxylation is 1. The number of carboxylic acids is 1. The molecule has 1 saturated heterocycles. The molecule has 2 rings (SSSR count). The molecule has 0 spiro atoms. The summed E-state index contributed by atoms with van der Waals surface area (Å²) in [4.78, 5) is 24.4. The molecule has 0 aromatic heterocycles. The van der Waals surface area contributed by atoms with Crippen LogP contribution in [0.2, 0.25) is 0 Å². The van der Waals surface area contributed by atoms with E-state index in [1.807, 2.05) is 0 Å². The quantitative estimate of drug-likeness (QED) is 0.879. The lowest BCUT2D eigenvalue weighted by Crippen LogP contribution is -2.48. The highest BCUT2D eigenvalue weighted by molar-refractivity contribution is 5.78. The van der Waals surface area contributed by atoms with E-state index in [1.54, 1.807) is 0 Å². The number of amides is 1. The highest BCUT2D eigenvalue weighted by Gasteiger charge is 2.31. The fourth-order valence-electron chi connectivity index (χ4n) is 2.29. The number of nitrogens with zero attached hydrogens (tertiary/aromatic N) is 1. The molecule has 1 aromatic carbocycles. The fourth-order valence-corrected chi connectivity index (χ4v) is 2.29. The Bertz CT molecular complexity index is 588. The van der Waals surface area contributed by atoms with Crippen LogP contribution in [-0.2, 0) is 20.7 Å². The molecular weight excluding hydrogens is 331 g/mol. The van der Waals surface area contributed by atoms with Crippen LogP contribution in [0.3, 0.4) is 0 Å². The van der Waals surface area contributed by atoms with Gasteiger partial charge in [0.15, 0.2) is 6.10 Å². The van der Waals surface area contributed by atoms with Gasteiger partial charge < -0.3 is 19.5 Å². The number of halogens is 3. The van der Waals surface area contributed by atoms with Crippen molar-refractivity contribution in [3.63, 3.8) is 0 Å². The first-order chi connectivity index (χ1) is 11.2. The molecule has 1 aromatic rings. The van der Waals surface area contributed by atoms with E-state index < -0.39 is 18.4 Å². The number of aliphatic carboxylic acids is 1. The number of morpholine rings is 1. The van der Waals surface area contributed by atoms with Gasteiger partial charge in [-0.25, -0.2) is 4.79 Å². The van der Waals surface area contributed by atoms with Crippen molar-refractivity contribution < 1.29 is 37.3 Å². The molecule has 1 aliphatic heterocycles. The van der Waals surface area contributed by atoms with Crippen molar-refractivity contribution in [1.29, 1.82) is 0 Å². The van der Waals surface area contributed by atoms with Crippen LogP contribution in [0, 0.1) is 0 Å². The predicted molar refractivity (Wildman–Crippen MR) is 75.4 cm³/mol. The molecule has 24 heavy (non-hydrogen) atoms. The molecule has 1 N–H and O–H groups in total. The fraction of sp³-hybridized carbons (Fsp3) is 0.467. The number of benzene rings is 1. The molecule has 0 aliphatic carbocycles. The van der Waals surface area contributed by atoms with Crippen LogP contribution in [0.5, 0.6) is 5.75 Å². The number of carboxylic acid groups (broad SMARTS) is 1. The van der Waals surface area contributed by atoms with Gasteiger partial charge in [0.05, 0.1) is 13.2 Å². The first kappa shape index (κ1) is 18.1. The van der Waals surface area contributed by atoms with Gasteiger partial charge in [-0.2, -0.15) is 0 Å². The summed E-state index contributed by atoms with van der Waals surface area (Å²) in [5.74, 6) is -1.66. The second kappa shape index (κ2) is 7.52. The van der Waals surface area contributed by atoms with Crippen LogP contribution < -0.4 is 4.74 Å². The number of ether oxygens (including phenoxy) is 2. The van der Waals surface area contributed by atoms with Crippen molar-refractivity contribution in [1.82, 2.24) is 4.90 Å². The summed E-state index contributed by atoms with van der Waals surface area (Å²) in [6.45, 7) is 0.472. The van der Waals surface area contributed by atoms with Gasteiger partial charge in [-0.15, -0.1) is 13.2 Å². The van der Waals surface area contributed by atoms with Crippen LogP contribution in [0.1, 0.15) is 12.0 Å². The number of hydrogen-bond acceptors (Lipinski definition) is 4. The largest absolute Gasteiger partial charge is 0.573 e. The van der Waals surface area contributed by atoms with E-state index in [2.05, 4.69) is 4.74 Å². The summed E-state index contributed by atoms with van der Waals surface area (Å²) in [7, 11) is 0. The Morgan fingerprint density at radius 1 is 1.29 bits per heavy atom. The number of hydrogen-bond donors (Lipinski definition) is 1. The molecule has 1 amide bonds. The third kappa shape index (κ3) is 5.41. The van der Waals surface area contributed by atoms with Gasteiger partial charge in [0, 0.05) is 13.0 Å². The van der Waals surface area contributed by atoms with Gasteiger partial charge in [-0.3, -0.25) is 4.79 Å². The lowest BCUT2D eigenvalue weighted by atomic mass is 10.1. The smallest absolute Gasteiger partial charge is 0.479 e. The Balaban J connectivity index is 1.84. The summed E-state index contributed by atoms with van der Waals surface area (Å²) in [6, 6.07) is 5.27. The zero-order valence-electron chi connectivity index (χ0n) is 12.6. The summed E-state index contributed by atoms with van der Waals surface area (Å²) in [5.41, 5.74) is 0.681. The van der Waals surface area contributed by atoms with E-state index >= 15 is 0 Å². The predicted octanol–water partition coefficient (Wildman–Crippen LogP) is 1.83. The number of rotatable bonds is 5. The maximum atomic E-state index is 12.1. The minimum absolute atomic E-state index is 0.00741. The molecule has 1 unspecified atom stereocenters. The van der Waals surface area contributed by atoms with Crippen molar-refractivity contribution in [2.24, 2.45) is 0 Å². The van der Waals surface area contributed by atoms with Gasteiger partial charge in [-0.1, -0.05) is 12.1 Å². The van der Waals surface area contributed by atoms with Crippen LogP contribution in [-0.4, -0.2) is 54.0 Å². The zero-order valence-corrected chi connectivity index (χ0v) is 12.6. The van der Waals surface area contributed by atoms with Crippen LogP contribution in [0.4, 0.5) is 13.2 Å². The molecule has 0 bridgehead atoms. The van der Waals surface area contributed by atoms with Gasteiger partial charge in [-0.05, 0) is 24.1 Å². The molecule has 0 radical (unpaired) electrons. The van der Waals surface area contributed by atoms with E-state index in [-0.39, 0.29) is 31.2 Å². The molecule has 1 fully saturated rings. The van der Waals surface area contributed by atoms with Crippen molar-refractivity contribution >= 4 is 11.9 Å². The Hall–Kier alpha value is -2.29. The van der Waals surface area contributed by atoms with Gasteiger partial charge in [0.1, 0.15) is 5.75 Å². The summed E-state index contributed by atoms with van der Waals surface area (Å²) in [6.07, 6.45) is -5.30. The van der Waals surface area contributed by atoms with Crippen molar-refractivity contribution in [3.05, 3.63) is 29.8 Å². The first-order valence-corrected chi connectivity index (χ1v) is 7.21. The lowest BCUT2D eigenvalue weighted by Gasteiger charge is -2.31. The Kier molecular flexibility index (Phi) is 5.66. The molecule has 132 valence electrons. The lowest BCUT2D eigenvalue weighted by molar-refractivity contribution is -0.274. The van der Waals surface area contributed by atoms with E-state index in [1.165, 1.54) is 29.2 Å². The maximum absolute atomic E-state index is 12.1. The van der Waals surface area contributed by atoms with Crippen molar-refractivity contribution in [2.45, 2.75) is 25.3 Å². The van der Waals surface area contributed by atoms with Crippen molar-refractivity contribution in [2.75, 3.05) is 19.7 Å². The van der Waals surface area contributed by atoms with Gasteiger partial charge in [0.2, 0.25) is 5.91 Å². The third-order valence-electron chi connectivity index (χ3n) is 3.48. The molecule has 6 nitrogen and oxygen atoms in total. The number of carbonyl (C=O) groups is 2. The molecule has 9 heteroatoms. The molecular formula is C15H16F3NO5. The highest BCUT2D eigenvalue weighted by Crippen LogP contribution is 2.23. The minimum atomic E-state index is -4.74. The summed E-state index contributed by atoms with van der Waals surface area (Å²) < 4.78 is 45.0. The van der Waals surface area contributed by atoms with E-state index in [0.29, 0.717) is 18.5 Å². The van der Waals surface area contributed by atoms with Crippen LogP contribution >= 0.6 is 0 Å². The standard InChI is InChI=1S/C15H16F3NO5/c16-15(17,18)24-11-4-1-10(2-5-11)3-6-13(20)19-7-8-23-12(9-19)14(21)22/h1-2,4-5,12H,3,6-9H2,(H,21,22). The highest BCUT2D eigenvalue weighted by atomic mass is 19.4. The van der Waals surface area contributed by atoms with Crippen molar-refractivity contribution in [3.8, 4) is 5.75 Å². The summed E-state index contributed by atoms with van der Waals surface area (Å²) >= 11 is 0. The van der Waals surface area contributed by atoms with E-state index in [9.17, 15) is 22.8 Å². The average molecular weight is 347 g/mol. The number of alkyl halides is 3. The minimum Gasteiger partial charge on any atom is -0.479 e. The molecule has 1 heterocycles. The van der Waals surface area contributed by atoms with E-state index in [4.69, 9.17) is 9.84 Å². The Morgan fingerprint density at radius 3 is 2.54 bits per heavy atom. The van der Waals surface area contributed by atoms with Gasteiger partial charge in [0.25, 0.3) is 0 Å². The second-order valence-corrected chi connectivity index (χ2v) is 5.23. The van der Waals surface area contributed by atoms with Crippen LogP contribution in [0.15, 0.2) is 24.3 Å². The topological polar surface area (TPSA) is 76.1 Å². The van der Waals surface area contributed by atoms with Gasteiger partial charge >= 0.3 is 12.3 Å². The summed E-state index contributed by atoms with van der Waals surface area (Å²) in [5, 5.41) is 8.90. The SMILES string of the molecule is O=C(O)C1CN(C(=O)CCc2ccc(OC(F)(F)F)cc2)CCO1. The molecule has 1 aliphatic rings. The average Bonchev–Trinajstić information content (AvgIpc) is 2.52. The first-order valence-electron chi connectivity index (χ1n) is 7.21. The monoisotopic (exact) mass is 347 g/mol.